The molecular formula is C11H26O2. The second-order valence-electron chi connectivity index (χ2n) is 3.05. The highest BCUT2D eigenvalue weighted by Crippen LogP contribution is 2.09. The molecule has 0 bridgehead atoms. The molecule has 13 heavy (non-hydrogen) atoms. The molecule has 2 heteroatoms. The molecule has 1 atom stereocenters. The van der Waals surface area contributed by atoms with Crippen LogP contribution in [-0.4, -0.2) is 12.7 Å². The van der Waals surface area contributed by atoms with Crippen molar-refractivity contribution in [2.45, 2.75) is 40.2 Å². The van der Waals surface area contributed by atoms with E-state index in [0.29, 0.717) is 6.10 Å². The van der Waals surface area contributed by atoms with Crippen LogP contribution in [0.25, 0.3) is 0 Å². The van der Waals surface area contributed by atoms with Crippen LogP contribution >= 0.6 is 0 Å². The summed E-state index contributed by atoms with van der Waals surface area (Å²) in [6.45, 7) is 5.02. The molecule has 1 aromatic rings. The van der Waals surface area contributed by atoms with Crippen molar-refractivity contribution in [2.24, 2.45) is 0 Å². The highest BCUT2D eigenvalue weighted by Gasteiger charge is 2.07. The molecule has 0 N–H and O–H groups in total. The molecule has 0 radical (unpaired) electrons. The van der Waals surface area contributed by atoms with Gasteiger partial charge in [0, 0.05) is 10.9 Å². The van der Waals surface area contributed by atoms with Gasteiger partial charge in [-0.15, -0.1) is 0 Å². The van der Waals surface area contributed by atoms with Gasteiger partial charge in [0.1, 0.15) is 5.76 Å². The number of rotatable bonds is 0. The molecule has 2 heterocycles. The minimum Gasteiger partial charge on any atom is -0.470 e. The molecule has 1 fully saturated rings. The minimum atomic E-state index is 0. The van der Waals surface area contributed by atoms with Crippen molar-refractivity contribution in [1.29, 1.82) is 0 Å². The van der Waals surface area contributed by atoms with Crippen LogP contribution in [0.3, 0.4) is 0 Å². The zero-order chi connectivity index (χ0) is 8.81. The molecule has 0 spiro atoms. The largest absolute Gasteiger partial charge is 0.470 e. The molecule has 0 aliphatic carbocycles. The average Bonchev–Trinajstić information content (AvgIpc) is 2.63. The van der Waals surface area contributed by atoms with Gasteiger partial charge in [-0.3, -0.25) is 0 Å². The van der Waals surface area contributed by atoms with E-state index in [0.717, 1.165) is 12.4 Å². The fraction of sp³-hybridized carbons (Fsp3) is 0.636. The van der Waals surface area contributed by atoms with Crippen molar-refractivity contribution in [3.63, 3.8) is 0 Å². The Labute approximate surface area is 85.4 Å². The quantitative estimate of drug-likeness (QED) is 0.613. The average molecular weight is 190 g/mol. The Kier molecular flexibility index (Phi) is 6.33. The van der Waals surface area contributed by atoms with E-state index >= 15 is 0 Å². The van der Waals surface area contributed by atoms with E-state index in [1.807, 2.05) is 19.1 Å². The zero-order valence-electron chi connectivity index (χ0n) is 7.75. The lowest BCUT2D eigenvalue weighted by Crippen LogP contribution is -1.94. The van der Waals surface area contributed by atoms with Gasteiger partial charge in [-0.1, -0.05) is 7.43 Å². The molecule has 0 aromatic carbocycles. The molecule has 2 rings (SSSR count). The van der Waals surface area contributed by atoms with Gasteiger partial charge in [0.2, 0.25) is 0 Å². The number of ether oxygens (including phenoxy) is 1. The molecule has 2 nitrogen and oxygen atoms in total. The van der Waals surface area contributed by atoms with Crippen molar-refractivity contribution < 1.29 is 13.4 Å². The lowest BCUT2D eigenvalue weighted by Gasteiger charge is -1.94. The van der Waals surface area contributed by atoms with E-state index in [1.165, 1.54) is 12.8 Å². The van der Waals surface area contributed by atoms with Crippen LogP contribution in [0, 0.1) is 6.92 Å². The third-order valence-electron chi connectivity index (χ3n) is 1.82. The fourth-order valence-electron chi connectivity index (χ4n) is 1.10. The molecule has 1 aliphatic heterocycles. The summed E-state index contributed by atoms with van der Waals surface area (Å²) in [5, 5.41) is 0. The van der Waals surface area contributed by atoms with Crippen LogP contribution in [0.5, 0.6) is 0 Å². The lowest BCUT2D eigenvalue weighted by atomic mass is 10.3. The second kappa shape index (κ2) is 6.72. The third kappa shape index (κ3) is 5.47. The van der Waals surface area contributed by atoms with Crippen molar-refractivity contribution >= 4 is 0 Å². The van der Waals surface area contributed by atoms with Crippen LogP contribution in [0.2, 0.25) is 0 Å². The van der Waals surface area contributed by atoms with Gasteiger partial charge in [-0.05, 0) is 38.8 Å². The Morgan fingerprint density at radius 3 is 2.46 bits per heavy atom. The maximum atomic E-state index is 5.15. The Balaban J connectivity index is -0.0000000720. The van der Waals surface area contributed by atoms with Gasteiger partial charge in [0.15, 0.2) is 0 Å². The second-order valence-corrected chi connectivity index (χ2v) is 3.05. The van der Waals surface area contributed by atoms with Crippen molar-refractivity contribution in [1.82, 2.24) is 0 Å². The van der Waals surface area contributed by atoms with Crippen LogP contribution in [0.4, 0.5) is 0 Å². The lowest BCUT2D eigenvalue weighted by molar-refractivity contribution is 0.125. The first kappa shape index (κ1) is 12.2. The molecule has 0 amide bonds. The Bertz CT molecular complexity index is 197. The first-order valence-corrected chi connectivity index (χ1v) is 4.41. The van der Waals surface area contributed by atoms with Crippen molar-refractivity contribution in [3.05, 3.63) is 24.2 Å². The van der Waals surface area contributed by atoms with Crippen LogP contribution in [0.15, 0.2) is 22.8 Å². The summed E-state index contributed by atoms with van der Waals surface area (Å²) in [7, 11) is 0. The number of hydrogen-bond acceptors (Lipinski definition) is 2. The first-order valence-electron chi connectivity index (χ1n) is 4.41. The van der Waals surface area contributed by atoms with Crippen LogP contribution < -0.4 is 0 Å². The first-order chi connectivity index (χ1) is 5.79. The predicted molar refractivity (Wildman–Crippen MR) is 61.2 cm³/mol. The van der Waals surface area contributed by atoms with E-state index in [9.17, 15) is 0 Å². The van der Waals surface area contributed by atoms with E-state index in [-0.39, 0.29) is 11.7 Å². The van der Waals surface area contributed by atoms with E-state index in [2.05, 4.69) is 6.92 Å². The monoisotopic (exact) mass is 190 g/mol. The van der Waals surface area contributed by atoms with Crippen molar-refractivity contribution in [3.8, 4) is 0 Å². The van der Waals surface area contributed by atoms with Gasteiger partial charge >= 0.3 is 0 Å². The number of furan rings is 1. The van der Waals surface area contributed by atoms with Crippen molar-refractivity contribution in [2.75, 3.05) is 6.61 Å². The van der Waals surface area contributed by atoms with E-state index in [4.69, 9.17) is 9.15 Å². The van der Waals surface area contributed by atoms with Gasteiger partial charge in [0.25, 0.3) is 0 Å². The smallest absolute Gasteiger partial charge is 0.100 e. The van der Waals surface area contributed by atoms with Gasteiger partial charge in [-0.25, -0.2) is 0 Å². The SMILES string of the molecule is C.CC1CCCO1.Cc1ccco1.[HH].[HH].[HH]. The summed E-state index contributed by atoms with van der Waals surface area (Å²) >= 11 is 0. The number of aryl methyl sites for hydroxylation is 1. The van der Waals surface area contributed by atoms with Gasteiger partial charge in [0.05, 0.1) is 12.4 Å². The third-order valence-corrected chi connectivity index (χ3v) is 1.82. The molecule has 1 aliphatic rings. The van der Waals surface area contributed by atoms with E-state index < -0.39 is 0 Å². The number of hydrogen-bond donors (Lipinski definition) is 0. The minimum absolute atomic E-state index is 0. The summed E-state index contributed by atoms with van der Waals surface area (Å²) in [5.74, 6) is 0.968. The normalized spacial score (nSPS) is 20.0. The maximum Gasteiger partial charge on any atom is 0.100 e. The van der Waals surface area contributed by atoms with E-state index in [1.54, 1.807) is 6.26 Å². The Morgan fingerprint density at radius 1 is 1.54 bits per heavy atom. The standard InChI is InChI=1S/C5H10O.C5H6O.CH4.3H2/c2*1-5-3-2-4-6-5;;;;/h5H,2-4H2,1H3;2-4H,1H3;1H4;3*1H. The molecular weight excluding hydrogens is 164 g/mol. The molecule has 1 aromatic heterocycles. The highest BCUT2D eigenvalue weighted by molar-refractivity contribution is 4.93. The Morgan fingerprint density at radius 2 is 2.31 bits per heavy atom. The topological polar surface area (TPSA) is 22.4 Å². The summed E-state index contributed by atoms with van der Waals surface area (Å²) < 4.78 is 9.99. The molecule has 0 saturated carbocycles. The zero-order valence-corrected chi connectivity index (χ0v) is 7.75. The summed E-state index contributed by atoms with van der Waals surface area (Å²) in [6.07, 6.45) is 4.74. The van der Waals surface area contributed by atoms with Gasteiger partial charge < -0.3 is 9.15 Å². The van der Waals surface area contributed by atoms with Crippen LogP contribution in [0.1, 0.15) is 37.2 Å². The summed E-state index contributed by atoms with van der Waals surface area (Å²) in [4.78, 5) is 0. The fourth-order valence-corrected chi connectivity index (χ4v) is 1.10. The van der Waals surface area contributed by atoms with Crippen LogP contribution in [-0.2, 0) is 4.74 Å². The molecule has 1 saturated heterocycles. The molecule has 82 valence electrons. The molecule has 1 unspecified atom stereocenters. The Hall–Kier alpha value is -0.760. The van der Waals surface area contributed by atoms with Gasteiger partial charge in [-0.2, -0.15) is 0 Å². The summed E-state index contributed by atoms with van der Waals surface area (Å²) in [5.41, 5.74) is 0. The maximum absolute atomic E-state index is 5.15. The highest BCUT2D eigenvalue weighted by atomic mass is 16.5. The predicted octanol–water partition coefficient (Wildman–Crippen LogP) is 4.15. The summed E-state index contributed by atoms with van der Waals surface area (Å²) in [6, 6.07) is 3.79.